The fraction of sp³-hybridized carbons (Fsp3) is 0.385. The minimum atomic E-state index is -0.592. The van der Waals surface area contributed by atoms with Crippen LogP contribution in [-0.2, 0) is 4.74 Å². The first-order chi connectivity index (χ1) is 9.26. The molecule has 6 nitrogen and oxygen atoms in total. The molecule has 0 aliphatic heterocycles. The second kappa shape index (κ2) is 5.16. The first kappa shape index (κ1) is 14.4. The summed E-state index contributed by atoms with van der Waals surface area (Å²) in [5.41, 5.74) is 6.65. The lowest BCUT2D eigenvalue weighted by molar-refractivity contribution is 0.00647. The van der Waals surface area contributed by atoms with Crippen molar-refractivity contribution >= 4 is 22.4 Å². The molecule has 7 heteroatoms. The lowest BCUT2D eigenvalue weighted by Gasteiger charge is -2.18. The number of ether oxygens (including phenoxy) is 1. The molecular formula is C13H16N4O2S. The minimum absolute atomic E-state index is 0.181. The molecule has 2 rings (SSSR count). The van der Waals surface area contributed by atoms with Crippen molar-refractivity contribution in [1.82, 2.24) is 15.2 Å². The Morgan fingerprint density at radius 1 is 1.30 bits per heavy atom. The Morgan fingerprint density at radius 3 is 2.55 bits per heavy atom. The molecule has 2 N–H and O–H groups in total. The highest BCUT2D eigenvalue weighted by atomic mass is 32.1. The van der Waals surface area contributed by atoms with Crippen molar-refractivity contribution in [3.05, 3.63) is 23.5 Å². The average Bonchev–Trinajstić information content (AvgIpc) is 2.70. The van der Waals surface area contributed by atoms with Crippen molar-refractivity contribution in [2.75, 3.05) is 5.73 Å². The van der Waals surface area contributed by atoms with E-state index < -0.39 is 11.6 Å². The Morgan fingerprint density at radius 2 is 2.00 bits per heavy atom. The van der Waals surface area contributed by atoms with Gasteiger partial charge in [-0.3, -0.25) is 0 Å². The molecule has 0 aliphatic carbocycles. The van der Waals surface area contributed by atoms with Crippen LogP contribution < -0.4 is 5.73 Å². The van der Waals surface area contributed by atoms with Gasteiger partial charge in [0.2, 0.25) is 0 Å². The van der Waals surface area contributed by atoms with Crippen LogP contribution in [0.3, 0.4) is 0 Å². The number of nitrogen functional groups attached to an aromatic ring is 1. The summed E-state index contributed by atoms with van der Waals surface area (Å²) in [6, 6.07) is 3.60. The van der Waals surface area contributed by atoms with Gasteiger partial charge in [-0.1, -0.05) is 11.3 Å². The molecule has 2 aromatic rings. The fourth-order valence-corrected chi connectivity index (χ4v) is 2.28. The molecule has 2 aromatic heterocycles. The van der Waals surface area contributed by atoms with E-state index in [9.17, 15) is 4.79 Å². The number of aryl methyl sites for hydroxylation is 1. The van der Waals surface area contributed by atoms with E-state index in [4.69, 9.17) is 10.5 Å². The summed E-state index contributed by atoms with van der Waals surface area (Å²) in [5.74, 6) is -0.511. The van der Waals surface area contributed by atoms with E-state index in [1.165, 1.54) is 11.3 Å². The van der Waals surface area contributed by atoms with Crippen LogP contribution in [0.1, 0.15) is 37.0 Å². The summed E-state index contributed by atoms with van der Waals surface area (Å²) in [4.78, 5) is 16.8. The molecule has 0 saturated heterocycles. The second-order valence-electron chi connectivity index (χ2n) is 5.29. The van der Waals surface area contributed by atoms with Gasteiger partial charge in [0.25, 0.3) is 0 Å². The summed E-state index contributed by atoms with van der Waals surface area (Å²) in [6.07, 6.45) is 0. The topological polar surface area (TPSA) is 91.0 Å². The zero-order valence-electron chi connectivity index (χ0n) is 11.8. The van der Waals surface area contributed by atoms with E-state index in [-0.39, 0.29) is 5.69 Å². The highest BCUT2D eigenvalue weighted by Crippen LogP contribution is 2.31. The molecule has 0 aromatic carbocycles. The number of rotatable bonds is 2. The van der Waals surface area contributed by atoms with Crippen LogP contribution in [0, 0.1) is 6.92 Å². The molecule has 0 bridgehead atoms. The van der Waals surface area contributed by atoms with Crippen LogP contribution in [0.2, 0.25) is 0 Å². The molecule has 0 atom stereocenters. The van der Waals surface area contributed by atoms with Gasteiger partial charge in [0.15, 0.2) is 10.8 Å². The number of hydrogen-bond acceptors (Lipinski definition) is 7. The minimum Gasteiger partial charge on any atom is -0.455 e. The number of aromatic nitrogens is 3. The zero-order valence-corrected chi connectivity index (χ0v) is 12.6. The Bertz CT molecular complexity index is 629. The third-order valence-corrected chi connectivity index (χ3v) is 3.17. The first-order valence-electron chi connectivity index (χ1n) is 6.06. The monoisotopic (exact) mass is 292 g/mol. The highest BCUT2D eigenvalue weighted by Gasteiger charge is 2.25. The van der Waals surface area contributed by atoms with Gasteiger partial charge in [0, 0.05) is 0 Å². The number of nitrogens with two attached hydrogens (primary N) is 1. The van der Waals surface area contributed by atoms with Crippen molar-refractivity contribution in [1.29, 1.82) is 0 Å². The van der Waals surface area contributed by atoms with Crippen molar-refractivity contribution < 1.29 is 9.53 Å². The maximum atomic E-state index is 12.2. The third kappa shape index (κ3) is 3.30. The average molecular weight is 292 g/mol. The Balaban J connectivity index is 2.40. The van der Waals surface area contributed by atoms with Crippen molar-refractivity contribution in [3.8, 4) is 10.6 Å². The van der Waals surface area contributed by atoms with E-state index in [1.54, 1.807) is 26.8 Å². The van der Waals surface area contributed by atoms with E-state index >= 15 is 0 Å². The van der Waals surface area contributed by atoms with Crippen molar-refractivity contribution in [2.24, 2.45) is 0 Å². The van der Waals surface area contributed by atoms with Gasteiger partial charge >= 0.3 is 5.97 Å². The van der Waals surface area contributed by atoms with Crippen LogP contribution in [0.5, 0.6) is 0 Å². The normalized spacial score (nSPS) is 11.4. The molecule has 2 heterocycles. The lowest BCUT2D eigenvalue weighted by Crippen LogP contribution is -2.24. The molecule has 0 radical (unpaired) electrons. The lowest BCUT2D eigenvalue weighted by atomic mass is 10.2. The van der Waals surface area contributed by atoms with Crippen LogP contribution in [0.4, 0.5) is 5.13 Å². The molecule has 0 unspecified atom stereocenters. The first-order valence-corrected chi connectivity index (χ1v) is 6.88. The number of carbonyl (C=O) groups excluding carboxylic acids is 1. The Labute approximate surface area is 121 Å². The van der Waals surface area contributed by atoms with E-state index in [0.717, 1.165) is 5.69 Å². The zero-order chi connectivity index (χ0) is 14.9. The van der Waals surface area contributed by atoms with Crippen molar-refractivity contribution in [3.63, 3.8) is 0 Å². The number of esters is 1. The molecule has 20 heavy (non-hydrogen) atoms. The molecule has 0 saturated carbocycles. The SMILES string of the molecule is Cc1ccc(-c2sc(N)nc2C(=O)OC(C)(C)C)nn1. The standard InChI is InChI=1S/C13H16N4O2S/c1-7-5-6-8(17-16-7)10-9(15-12(14)20-10)11(18)19-13(2,3)4/h5-6H,1-4H3,(H2,14,15). The van der Waals surface area contributed by atoms with E-state index in [2.05, 4.69) is 15.2 Å². The van der Waals surface area contributed by atoms with Gasteiger partial charge in [-0.15, -0.1) is 5.10 Å². The third-order valence-electron chi connectivity index (χ3n) is 2.27. The van der Waals surface area contributed by atoms with Crippen molar-refractivity contribution in [2.45, 2.75) is 33.3 Å². The van der Waals surface area contributed by atoms with Crippen LogP contribution in [-0.4, -0.2) is 26.8 Å². The molecule has 106 valence electrons. The van der Waals surface area contributed by atoms with Gasteiger partial charge in [0.1, 0.15) is 11.3 Å². The highest BCUT2D eigenvalue weighted by molar-refractivity contribution is 7.19. The number of nitrogens with zero attached hydrogens (tertiary/aromatic N) is 3. The van der Waals surface area contributed by atoms with E-state index in [0.29, 0.717) is 15.7 Å². The molecule has 0 fully saturated rings. The second-order valence-corrected chi connectivity index (χ2v) is 6.32. The van der Waals surface area contributed by atoms with Crippen LogP contribution in [0.25, 0.3) is 10.6 Å². The molecule has 0 aliphatic rings. The van der Waals surface area contributed by atoms with Crippen LogP contribution in [0.15, 0.2) is 12.1 Å². The predicted octanol–water partition coefficient (Wildman–Crippen LogP) is 2.45. The summed E-state index contributed by atoms with van der Waals surface area (Å²) >= 11 is 1.19. The predicted molar refractivity (Wildman–Crippen MR) is 77.5 cm³/mol. The van der Waals surface area contributed by atoms with E-state index in [1.807, 2.05) is 13.0 Å². The van der Waals surface area contributed by atoms with Gasteiger partial charge in [-0.25, -0.2) is 9.78 Å². The summed E-state index contributed by atoms with van der Waals surface area (Å²) in [6.45, 7) is 7.23. The molecular weight excluding hydrogens is 276 g/mol. The quantitative estimate of drug-likeness (QED) is 0.855. The largest absolute Gasteiger partial charge is 0.455 e. The summed E-state index contributed by atoms with van der Waals surface area (Å²) < 4.78 is 5.32. The maximum absolute atomic E-state index is 12.2. The fourth-order valence-electron chi connectivity index (χ4n) is 1.50. The maximum Gasteiger partial charge on any atom is 0.359 e. The van der Waals surface area contributed by atoms with Gasteiger partial charge in [-0.2, -0.15) is 5.10 Å². The number of hydrogen-bond donors (Lipinski definition) is 1. The number of anilines is 1. The Kier molecular flexibility index (Phi) is 3.71. The van der Waals surface area contributed by atoms with Gasteiger partial charge < -0.3 is 10.5 Å². The summed E-state index contributed by atoms with van der Waals surface area (Å²) in [5, 5.41) is 8.33. The molecule has 0 amide bonds. The number of thiazole rings is 1. The van der Waals surface area contributed by atoms with Gasteiger partial charge in [0.05, 0.1) is 10.6 Å². The Hall–Kier alpha value is -2.02. The van der Waals surface area contributed by atoms with Gasteiger partial charge in [-0.05, 0) is 39.8 Å². The number of carbonyl (C=O) groups is 1. The molecule has 0 spiro atoms. The van der Waals surface area contributed by atoms with Crippen LogP contribution >= 0.6 is 11.3 Å². The summed E-state index contributed by atoms with van der Waals surface area (Å²) in [7, 11) is 0. The smallest absolute Gasteiger partial charge is 0.359 e.